The van der Waals surface area contributed by atoms with Crippen LogP contribution in [0.5, 0.6) is 0 Å². The fourth-order valence-corrected chi connectivity index (χ4v) is 2.19. The van der Waals surface area contributed by atoms with E-state index in [1.807, 2.05) is 5.43 Å². The summed E-state index contributed by atoms with van der Waals surface area (Å²) in [4.78, 5) is 11.8. The molecule has 1 aromatic carbocycles. The maximum absolute atomic E-state index is 13.0. The van der Waals surface area contributed by atoms with Crippen LogP contribution in [0.15, 0.2) is 39.8 Å². The standard InChI is InChI=1S/C12H10F2N2O2S/c13-10-2-1-9(4-11(10)14)19-6-8-3-7(5-18-8)12(17)16-15/h1-5H,6,15H2,(H,16,17). The minimum atomic E-state index is -0.896. The van der Waals surface area contributed by atoms with Crippen LogP contribution in [0.25, 0.3) is 0 Å². The van der Waals surface area contributed by atoms with Crippen molar-refractivity contribution < 1.29 is 18.0 Å². The zero-order valence-electron chi connectivity index (χ0n) is 9.65. The van der Waals surface area contributed by atoms with Gasteiger partial charge in [-0.25, -0.2) is 14.6 Å². The highest BCUT2D eigenvalue weighted by Crippen LogP contribution is 2.25. The van der Waals surface area contributed by atoms with Crippen molar-refractivity contribution in [2.24, 2.45) is 5.84 Å². The molecular formula is C12H10F2N2O2S. The molecular weight excluding hydrogens is 274 g/mol. The first-order chi connectivity index (χ1) is 9.10. The average Bonchev–Trinajstić information content (AvgIpc) is 2.88. The second-order valence-corrected chi connectivity index (χ2v) is 4.69. The first-order valence-corrected chi connectivity index (χ1v) is 6.25. The van der Waals surface area contributed by atoms with Gasteiger partial charge in [-0.2, -0.15) is 0 Å². The van der Waals surface area contributed by atoms with E-state index in [4.69, 9.17) is 10.3 Å². The third kappa shape index (κ3) is 3.33. The van der Waals surface area contributed by atoms with Gasteiger partial charge < -0.3 is 4.42 Å². The average molecular weight is 284 g/mol. The fourth-order valence-electron chi connectivity index (χ4n) is 1.38. The predicted molar refractivity (Wildman–Crippen MR) is 66.3 cm³/mol. The largest absolute Gasteiger partial charge is 0.468 e. The summed E-state index contributed by atoms with van der Waals surface area (Å²) in [6, 6.07) is 5.18. The Bertz CT molecular complexity index is 601. The number of carbonyl (C=O) groups is 1. The third-order valence-corrected chi connectivity index (χ3v) is 3.34. The van der Waals surface area contributed by atoms with Crippen LogP contribution in [-0.2, 0) is 5.75 Å². The molecule has 1 aromatic heterocycles. The van der Waals surface area contributed by atoms with E-state index in [0.29, 0.717) is 22.0 Å². The minimum Gasteiger partial charge on any atom is -0.468 e. The van der Waals surface area contributed by atoms with Crippen molar-refractivity contribution in [1.29, 1.82) is 0 Å². The quantitative estimate of drug-likeness (QED) is 0.392. The molecule has 0 unspecified atom stereocenters. The van der Waals surface area contributed by atoms with Gasteiger partial charge >= 0.3 is 0 Å². The van der Waals surface area contributed by atoms with Crippen molar-refractivity contribution in [2.75, 3.05) is 0 Å². The van der Waals surface area contributed by atoms with Gasteiger partial charge in [-0.1, -0.05) is 0 Å². The van der Waals surface area contributed by atoms with Gasteiger partial charge in [-0.3, -0.25) is 10.2 Å². The summed E-state index contributed by atoms with van der Waals surface area (Å²) >= 11 is 1.27. The summed E-state index contributed by atoms with van der Waals surface area (Å²) in [5.74, 6) is 3.68. The molecule has 0 spiro atoms. The van der Waals surface area contributed by atoms with Gasteiger partial charge in [0.05, 0.1) is 11.3 Å². The maximum Gasteiger partial charge on any atom is 0.268 e. The number of halogens is 2. The molecule has 0 saturated heterocycles. The van der Waals surface area contributed by atoms with E-state index in [2.05, 4.69) is 0 Å². The number of benzene rings is 1. The Morgan fingerprint density at radius 1 is 1.32 bits per heavy atom. The lowest BCUT2D eigenvalue weighted by Gasteiger charge is -2.00. The smallest absolute Gasteiger partial charge is 0.268 e. The Labute approximate surface area is 111 Å². The van der Waals surface area contributed by atoms with Crippen LogP contribution in [-0.4, -0.2) is 5.91 Å². The first-order valence-electron chi connectivity index (χ1n) is 5.26. The summed E-state index contributed by atoms with van der Waals surface area (Å²) in [5.41, 5.74) is 2.29. The van der Waals surface area contributed by atoms with E-state index in [-0.39, 0.29) is 0 Å². The molecule has 100 valence electrons. The Balaban J connectivity index is 2.00. The van der Waals surface area contributed by atoms with Gasteiger partial charge in [0.25, 0.3) is 5.91 Å². The van der Waals surface area contributed by atoms with Gasteiger partial charge in [-0.05, 0) is 24.3 Å². The number of hydrazine groups is 1. The van der Waals surface area contributed by atoms with Crippen LogP contribution >= 0.6 is 11.8 Å². The molecule has 0 bridgehead atoms. The lowest BCUT2D eigenvalue weighted by atomic mass is 10.3. The maximum atomic E-state index is 13.0. The predicted octanol–water partition coefficient (Wildman–Crippen LogP) is 2.45. The van der Waals surface area contributed by atoms with Crippen molar-refractivity contribution in [1.82, 2.24) is 5.43 Å². The highest BCUT2D eigenvalue weighted by atomic mass is 32.2. The number of hydrogen-bond donors (Lipinski definition) is 2. The molecule has 4 nitrogen and oxygen atoms in total. The molecule has 0 fully saturated rings. The van der Waals surface area contributed by atoms with Crippen molar-refractivity contribution in [2.45, 2.75) is 10.6 Å². The van der Waals surface area contributed by atoms with Crippen LogP contribution in [0.4, 0.5) is 8.78 Å². The summed E-state index contributed by atoms with van der Waals surface area (Å²) in [6.07, 6.45) is 1.28. The number of carbonyl (C=O) groups excluding carboxylic acids is 1. The third-order valence-electron chi connectivity index (χ3n) is 2.32. The molecule has 7 heteroatoms. The minimum absolute atomic E-state index is 0.309. The molecule has 19 heavy (non-hydrogen) atoms. The van der Waals surface area contributed by atoms with Crippen LogP contribution < -0.4 is 11.3 Å². The topological polar surface area (TPSA) is 68.3 Å². The van der Waals surface area contributed by atoms with Crippen LogP contribution in [0.2, 0.25) is 0 Å². The van der Waals surface area contributed by atoms with Crippen molar-refractivity contribution >= 4 is 17.7 Å². The second kappa shape index (κ2) is 5.85. The molecule has 0 saturated carbocycles. The highest BCUT2D eigenvalue weighted by molar-refractivity contribution is 7.98. The molecule has 0 radical (unpaired) electrons. The number of nitrogen functional groups attached to an aromatic ring is 1. The zero-order valence-corrected chi connectivity index (χ0v) is 10.5. The molecule has 2 rings (SSSR count). The molecule has 0 atom stereocenters. The molecule has 0 aliphatic carbocycles. The highest BCUT2D eigenvalue weighted by Gasteiger charge is 2.09. The number of hydrogen-bond acceptors (Lipinski definition) is 4. The van der Waals surface area contributed by atoms with Crippen LogP contribution in [0, 0.1) is 11.6 Å². The number of thioether (sulfide) groups is 1. The zero-order chi connectivity index (χ0) is 13.8. The van der Waals surface area contributed by atoms with Crippen LogP contribution in [0.1, 0.15) is 16.1 Å². The number of furan rings is 1. The summed E-state index contributed by atoms with van der Waals surface area (Å²) < 4.78 is 30.9. The molecule has 3 N–H and O–H groups in total. The molecule has 1 amide bonds. The van der Waals surface area contributed by atoms with E-state index in [9.17, 15) is 13.6 Å². The van der Waals surface area contributed by atoms with Crippen molar-refractivity contribution in [3.8, 4) is 0 Å². The van der Waals surface area contributed by atoms with E-state index in [0.717, 1.165) is 12.1 Å². The Morgan fingerprint density at radius 3 is 2.79 bits per heavy atom. The number of nitrogens with two attached hydrogens (primary N) is 1. The number of rotatable bonds is 4. The normalized spacial score (nSPS) is 10.5. The van der Waals surface area contributed by atoms with Gasteiger partial charge in [0, 0.05) is 4.90 Å². The van der Waals surface area contributed by atoms with E-state index >= 15 is 0 Å². The SMILES string of the molecule is NNC(=O)c1coc(CSc2ccc(F)c(F)c2)c1. The van der Waals surface area contributed by atoms with Crippen LogP contribution in [0.3, 0.4) is 0 Å². The summed E-state index contributed by atoms with van der Waals surface area (Å²) in [5, 5.41) is 0. The van der Waals surface area contributed by atoms with E-state index in [1.54, 1.807) is 0 Å². The Morgan fingerprint density at radius 2 is 2.11 bits per heavy atom. The van der Waals surface area contributed by atoms with Gasteiger partial charge in [-0.15, -0.1) is 11.8 Å². The van der Waals surface area contributed by atoms with Crippen molar-refractivity contribution in [3.63, 3.8) is 0 Å². The molecule has 2 aromatic rings. The number of nitrogens with one attached hydrogen (secondary N) is 1. The second-order valence-electron chi connectivity index (χ2n) is 3.64. The molecule has 1 heterocycles. The summed E-state index contributed by atoms with van der Waals surface area (Å²) in [7, 11) is 0. The van der Waals surface area contributed by atoms with E-state index < -0.39 is 17.5 Å². The summed E-state index contributed by atoms with van der Waals surface area (Å²) in [6.45, 7) is 0. The number of amides is 1. The Kier molecular flexibility index (Phi) is 4.18. The van der Waals surface area contributed by atoms with Crippen molar-refractivity contribution in [3.05, 3.63) is 53.5 Å². The monoisotopic (exact) mass is 284 g/mol. The first kappa shape index (κ1) is 13.6. The van der Waals surface area contributed by atoms with Gasteiger partial charge in [0.15, 0.2) is 11.6 Å². The fraction of sp³-hybridized carbons (Fsp3) is 0.0833. The Hall–Kier alpha value is -1.86. The lowest BCUT2D eigenvalue weighted by Crippen LogP contribution is -2.29. The lowest BCUT2D eigenvalue weighted by molar-refractivity contribution is 0.0953. The van der Waals surface area contributed by atoms with E-state index in [1.165, 1.54) is 30.2 Å². The van der Waals surface area contributed by atoms with Gasteiger partial charge in [0.2, 0.25) is 0 Å². The molecule has 0 aliphatic rings. The molecule has 0 aliphatic heterocycles. The van der Waals surface area contributed by atoms with Gasteiger partial charge in [0.1, 0.15) is 12.0 Å².